The Kier molecular flexibility index (Phi) is 7.34. The van der Waals surface area contributed by atoms with E-state index in [1.165, 1.54) is 6.42 Å². The fraction of sp³-hybridized carbons (Fsp3) is 0.538. The third-order valence-corrected chi connectivity index (χ3v) is 3.36. The maximum absolute atomic E-state index is 12.1. The Bertz CT molecular complexity index is 420. The molecule has 0 aliphatic heterocycles. The standard InChI is InChI=1S/C13H19N3O.2ClH/c1-10-5-8-15-11(9-10)16-12(17)13(14)6-3-2-4-7-13;;/h5,8-9H,2-4,6-7,14H2,1H3,(H,15,16,17);2*1H. The maximum Gasteiger partial charge on any atom is 0.245 e. The molecule has 0 spiro atoms. The number of carbonyl (C=O) groups excluding carboxylic acids is 1. The SMILES string of the molecule is Cc1ccnc(NC(=O)C2(N)CCCCC2)c1.Cl.Cl. The van der Waals surface area contributed by atoms with Gasteiger partial charge in [0, 0.05) is 6.20 Å². The lowest BCUT2D eigenvalue weighted by molar-refractivity contribution is -0.122. The van der Waals surface area contributed by atoms with E-state index in [4.69, 9.17) is 5.73 Å². The zero-order valence-corrected chi connectivity index (χ0v) is 12.6. The summed E-state index contributed by atoms with van der Waals surface area (Å²) < 4.78 is 0. The molecule has 1 aliphatic carbocycles. The van der Waals surface area contributed by atoms with Crippen LogP contribution in [0.2, 0.25) is 0 Å². The van der Waals surface area contributed by atoms with E-state index in [1.54, 1.807) is 6.20 Å². The van der Waals surface area contributed by atoms with Gasteiger partial charge in [-0.05, 0) is 37.5 Å². The second-order valence-corrected chi connectivity index (χ2v) is 4.89. The van der Waals surface area contributed by atoms with Crippen LogP contribution in [0.3, 0.4) is 0 Å². The summed E-state index contributed by atoms with van der Waals surface area (Å²) in [6.07, 6.45) is 6.47. The first-order valence-corrected chi connectivity index (χ1v) is 6.13. The van der Waals surface area contributed by atoms with E-state index in [2.05, 4.69) is 10.3 Å². The van der Waals surface area contributed by atoms with Gasteiger partial charge in [-0.15, -0.1) is 24.8 Å². The highest BCUT2D eigenvalue weighted by Gasteiger charge is 2.35. The van der Waals surface area contributed by atoms with Crippen molar-refractivity contribution in [3.63, 3.8) is 0 Å². The van der Waals surface area contributed by atoms with Crippen LogP contribution in [0.4, 0.5) is 5.82 Å². The zero-order valence-electron chi connectivity index (χ0n) is 11.0. The number of anilines is 1. The average molecular weight is 306 g/mol. The number of carbonyl (C=O) groups is 1. The van der Waals surface area contributed by atoms with Crippen LogP contribution in [-0.4, -0.2) is 16.4 Å². The molecule has 1 amide bonds. The minimum Gasteiger partial charge on any atom is -0.317 e. The van der Waals surface area contributed by atoms with Crippen LogP contribution in [-0.2, 0) is 4.79 Å². The quantitative estimate of drug-likeness (QED) is 0.883. The Labute approximate surface area is 126 Å². The van der Waals surface area contributed by atoms with E-state index >= 15 is 0 Å². The number of aryl methyl sites for hydroxylation is 1. The number of halogens is 2. The van der Waals surface area contributed by atoms with Gasteiger partial charge in [0.05, 0.1) is 5.54 Å². The van der Waals surface area contributed by atoms with E-state index in [9.17, 15) is 4.79 Å². The molecule has 1 fully saturated rings. The molecule has 0 unspecified atom stereocenters. The summed E-state index contributed by atoms with van der Waals surface area (Å²) in [4.78, 5) is 16.2. The molecule has 0 saturated heterocycles. The molecule has 0 bridgehead atoms. The third-order valence-electron chi connectivity index (χ3n) is 3.36. The normalized spacial score (nSPS) is 16.7. The second kappa shape index (κ2) is 7.68. The van der Waals surface area contributed by atoms with Crippen LogP contribution in [0.1, 0.15) is 37.7 Å². The minimum absolute atomic E-state index is 0. The molecule has 2 rings (SSSR count). The zero-order chi connectivity index (χ0) is 12.3. The van der Waals surface area contributed by atoms with Crippen molar-refractivity contribution in [2.75, 3.05) is 5.32 Å². The van der Waals surface area contributed by atoms with Crippen molar-refractivity contribution < 1.29 is 4.79 Å². The van der Waals surface area contributed by atoms with Crippen LogP contribution in [0.25, 0.3) is 0 Å². The fourth-order valence-electron chi connectivity index (χ4n) is 2.26. The van der Waals surface area contributed by atoms with Crippen LogP contribution >= 0.6 is 24.8 Å². The third kappa shape index (κ3) is 4.64. The largest absolute Gasteiger partial charge is 0.317 e. The van der Waals surface area contributed by atoms with E-state index in [1.807, 2.05) is 19.1 Å². The maximum atomic E-state index is 12.1. The first-order valence-electron chi connectivity index (χ1n) is 6.13. The number of nitrogens with two attached hydrogens (primary N) is 1. The molecule has 1 aromatic heterocycles. The minimum atomic E-state index is -0.705. The van der Waals surface area contributed by atoms with Gasteiger partial charge in [0.15, 0.2) is 0 Å². The van der Waals surface area contributed by atoms with Gasteiger partial charge in [-0.25, -0.2) is 4.98 Å². The van der Waals surface area contributed by atoms with Crippen molar-refractivity contribution in [1.29, 1.82) is 0 Å². The van der Waals surface area contributed by atoms with Crippen molar-refractivity contribution in [1.82, 2.24) is 4.98 Å². The van der Waals surface area contributed by atoms with Crippen LogP contribution in [0.15, 0.2) is 18.3 Å². The van der Waals surface area contributed by atoms with Gasteiger partial charge in [-0.1, -0.05) is 19.3 Å². The van der Waals surface area contributed by atoms with Crippen molar-refractivity contribution >= 4 is 36.5 Å². The number of rotatable bonds is 2. The summed E-state index contributed by atoms with van der Waals surface area (Å²) in [6, 6.07) is 3.75. The number of aromatic nitrogens is 1. The smallest absolute Gasteiger partial charge is 0.245 e. The van der Waals surface area contributed by atoms with E-state index in [0.29, 0.717) is 5.82 Å². The Morgan fingerprint density at radius 1 is 1.32 bits per heavy atom. The molecule has 0 aromatic carbocycles. The first kappa shape index (κ1) is 18.2. The van der Waals surface area contributed by atoms with E-state index in [0.717, 1.165) is 31.2 Å². The summed E-state index contributed by atoms with van der Waals surface area (Å²) in [7, 11) is 0. The highest BCUT2D eigenvalue weighted by Crippen LogP contribution is 2.26. The van der Waals surface area contributed by atoms with Crippen LogP contribution in [0.5, 0.6) is 0 Å². The number of hydrogen-bond acceptors (Lipinski definition) is 3. The number of amides is 1. The molecular weight excluding hydrogens is 285 g/mol. The lowest BCUT2D eigenvalue weighted by Gasteiger charge is -2.31. The fourth-order valence-corrected chi connectivity index (χ4v) is 2.26. The molecule has 1 aromatic rings. The van der Waals surface area contributed by atoms with Crippen LogP contribution in [0, 0.1) is 6.92 Å². The lowest BCUT2D eigenvalue weighted by Crippen LogP contribution is -2.52. The molecule has 19 heavy (non-hydrogen) atoms. The molecule has 1 heterocycles. The molecule has 0 atom stereocenters. The highest BCUT2D eigenvalue weighted by molar-refractivity contribution is 5.97. The van der Waals surface area contributed by atoms with Crippen molar-refractivity contribution in [2.24, 2.45) is 5.73 Å². The van der Waals surface area contributed by atoms with Gasteiger partial charge < -0.3 is 11.1 Å². The summed E-state index contributed by atoms with van der Waals surface area (Å²) in [6.45, 7) is 1.97. The van der Waals surface area contributed by atoms with Crippen molar-refractivity contribution in [3.05, 3.63) is 23.9 Å². The molecular formula is C13H21Cl2N3O. The van der Waals surface area contributed by atoms with Crippen LogP contribution < -0.4 is 11.1 Å². The average Bonchev–Trinajstić information content (AvgIpc) is 2.30. The summed E-state index contributed by atoms with van der Waals surface area (Å²) in [5.41, 5.74) is 6.52. The predicted octanol–water partition coefficient (Wildman–Crippen LogP) is 2.83. The molecule has 3 N–H and O–H groups in total. The van der Waals surface area contributed by atoms with Gasteiger partial charge in [-0.3, -0.25) is 4.79 Å². The Balaban J connectivity index is 0.00000162. The Morgan fingerprint density at radius 2 is 1.95 bits per heavy atom. The molecule has 108 valence electrons. The molecule has 4 nitrogen and oxygen atoms in total. The summed E-state index contributed by atoms with van der Waals surface area (Å²) in [5.74, 6) is 0.487. The van der Waals surface area contributed by atoms with Crippen molar-refractivity contribution in [2.45, 2.75) is 44.6 Å². The Hall–Kier alpha value is -0.840. The number of hydrogen-bond donors (Lipinski definition) is 2. The predicted molar refractivity (Wildman–Crippen MR) is 82.1 cm³/mol. The molecule has 1 saturated carbocycles. The van der Waals surface area contributed by atoms with Gasteiger partial charge in [0.1, 0.15) is 5.82 Å². The van der Waals surface area contributed by atoms with Gasteiger partial charge in [-0.2, -0.15) is 0 Å². The van der Waals surface area contributed by atoms with E-state index < -0.39 is 5.54 Å². The summed E-state index contributed by atoms with van der Waals surface area (Å²) >= 11 is 0. The van der Waals surface area contributed by atoms with Gasteiger partial charge in [0.25, 0.3) is 0 Å². The first-order chi connectivity index (χ1) is 8.10. The second-order valence-electron chi connectivity index (χ2n) is 4.89. The number of pyridine rings is 1. The molecule has 6 heteroatoms. The highest BCUT2D eigenvalue weighted by atomic mass is 35.5. The molecule has 1 aliphatic rings. The number of nitrogens with zero attached hydrogens (tertiary/aromatic N) is 1. The topological polar surface area (TPSA) is 68.0 Å². The monoisotopic (exact) mass is 305 g/mol. The summed E-state index contributed by atoms with van der Waals surface area (Å²) in [5, 5.41) is 2.82. The van der Waals surface area contributed by atoms with Crippen molar-refractivity contribution in [3.8, 4) is 0 Å². The van der Waals surface area contributed by atoms with Gasteiger partial charge >= 0.3 is 0 Å². The van der Waals surface area contributed by atoms with E-state index in [-0.39, 0.29) is 30.7 Å². The molecule has 0 radical (unpaired) electrons. The Morgan fingerprint density at radius 3 is 2.53 bits per heavy atom. The number of nitrogens with one attached hydrogen (secondary N) is 1. The van der Waals surface area contributed by atoms with Gasteiger partial charge in [0.2, 0.25) is 5.91 Å². The lowest BCUT2D eigenvalue weighted by atomic mass is 9.82.